The van der Waals surface area contributed by atoms with Crippen molar-refractivity contribution in [1.82, 2.24) is 24.6 Å². The van der Waals surface area contributed by atoms with Crippen molar-refractivity contribution in [3.63, 3.8) is 0 Å². The maximum atomic E-state index is 13.1. The zero-order chi connectivity index (χ0) is 20.4. The molecule has 1 aromatic carbocycles. The summed E-state index contributed by atoms with van der Waals surface area (Å²) in [4.78, 5) is 29.6. The van der Waals surface area contributed by atoms with E-state index < -0.39 is 0 Å². The van der Waals surface area contributed by atoms with Crippen molar-refractivity contribution in [3.05, 3.63) is 81.7 Å². The lowest BCUT2D eigenvalue weighted by Crippen LogP contribution is -2.32. The van der Waals surface area contributed by atoms with E-state index in [0.29, 0.717) is 24.5 Å². The first-order valence-corrected chi connectivity index (χ1v) is 9.34. The van der Waals surface area contributed by atoms with Crippen molar-refractivity contribution in [2.75, 3.05) is 6.54 Å². The van der Waals surface area contributed by atoms with Gasteiger partial charge in [-0.05, 0) is 31.5 Å². The highest BCUT2D eigenvalue weighted by Crippen LogP contribution is 2.13. The Morgan fingerprint density at radius 2 is 2.00 bits per heavy atom. The summed E-state index contributed by atoms with van der Waals surface area (Å²) in [6, 6.07) is 13.3. The predicted octanol–water partition coefficient (Wildman–Crippen LogP) is 2.28. The summed E-state index contributed by atoms with van der Waals surface area (Å²) >= 11 is 0. The Labute approximate surface area is 166 Å². The van der Waals surface area contributed by atoms with Crippen molar-refractivity contribution in [3.8, 4) is 0 Å². The molecule has 0 aliphatic heterocycles. The van der Waals surface area contributed by atoms with Gasteiger partial charge in [-0.1, -0.05) is 35.0 Å². The topological polar surface area (TPSA) is 95.0 Å². The van der Waals surface area contributed by atoms with Crippen LogP contribution in [0.4, 0.5) is 0 Å². The second-order valence-corrected chi connectivity index (χ2v) is 6.93. The van der Waals surface area contributed by atoms with Gasteiger partial charge in [0.1, 0.15) is 5.76 Å². The number of pyridine rings is 1. The quantitative estimate of drug-likeness (QED) is 0.544. The van der Waals surface area contributed by atoms with E-state index in [9.17, 15) is 9.59 Å². The molecule has 8 nitrogen and oxygen atoms in total. The number of aryl methyl sites for hydroxylation is 2. The Balaban J connectivity index is 1.57. The molecule has 3 aromatic heterocycles. The van der Waals surface area contributed by atoms with Gasteiger partial charge in [-0.3, -0.25) is 13.9 Å². The molecule has 0 fully saturated rings. The fourth-order valence-electron chi connectivity index (χ4n) is 3.34. The number of carbonyl (C=O) groups excluding carboxylic acids is 1. The van der Waals surface area contributed by atoms with Gasteiger partial charge >= 0.3 is 5.69 Å². The fourth-order valence-corrected chi connectivity index (χ4v) is 3.34. The van der Waals surface area contributed by atoms with Crippen molar-refractivity contribution < 1.29 is 9.32 Å². The molecule has 0 saturated carbocycles. The van der Waals surface area contributed by atoms with E-state index in [0.717, 1.165) is 16.6 Å². The molecule has 148 valence electrons. The van der Waals surface area contributed by atoms with E-state index in [4.69, 9.17) is 4.52 Å². The highest BCUT2D eigenvalue weighted by Gasteiger charge is 2.15. The molecule has 4 aromatic rings. The third-order valence-electron chi connectivity index (χ3n) is 4.68. The summed E-state index contributed by atoms with van der Waals surface area (Å²) in [6.45, 7) is 4.77. The van der Waals surface area contributed by atoms with Gasteiger partial charge in [0.05, 0.1) is 12.1 Å². The van der Waals surface area contributed by atoms with Crippen LogP contribution in [0.3, 0.4) is 0 Å². The zero-order valence-corrected chi connectivity index (χ0v) is 16.3. The lowest BCUT2D eigenvalue weighted by Gasteiger charge is -2.05. The minimum absolute atomic E-state index is 0.160. The lowest BCUT2D eigenvalue weighted by atomic mass is 10.1. The summed E-state index contributed by atoms with van der Waals surface area (Å²) in [7, 11) is 0. The molecule has 0 radical (unpaired) electrons. The molecule has 1 amide bonds. The molecule has 3 heterocycles. The van der Waals surface area contributed by atoms with Gasteiger partial charge in [-0.2, -0.15) is 0 Å². The summed E-state index contributed by atoms with van der Waals surface area (Å²) in [5.41, 5.74) is 3.60. The average Bonchev–Trinajstić information content (AvgIpc) is 3.25. The number of fused-ring (bicyclic) bond motifs is 1. The van der Waals surface area contributed by atoms with Crippen LogP contribution >= 0.6 is 0 Å². The molecule has 4 rings (SSSR count). The Morgan fingerprint density at radius 1 is 1.14 bits per heavy atom. The van der Waals surface area contributed by atoms with Crippen LogP contribution in [-0.2, 0) is 13.1 Å². The predicted molar refractivity (Wildman–Crippen MR) is 108 cm³/mol. The first-order valence-electron chi connectivity index (χ1n) is 9.34. The maximum absolute atomic E-state index is 13.1. The molecule has 29 heavy (non-hydrogen) atoms. The van der Waals surface area contributed by atoms with Gasteiger partial charge in [0, 0.05) is 25.4 Å². The molecule has 0 saturated heterocycles. The van der Waals surface area contributed by atoms with Gasteiger partial charge in [-0.25, -0.2) is 9.78 Å². The van der Waals surface area contributed by atoms with E-state index in [2.05, 4.69) is 21.5 Å². The molecule has 0 bridgehead atoms. The summed E-state index contributed by atoms with van der Waals surface area (Å²) in [5.74, 6) is 0.223. The Hall–Kier alpha value is -3.68. The standard InChI is InChI=1S/C21H21N5O3/c1-14-5-3-6-16(11-14)13-26-18-7-4-8-22-19(18)25(21(26)28)10-9-23-20(27)17-12-15(2)29-24-17/h3-8,11-12H,9-10,13H2,1-2H3,(H,23,27). The average molecular weight is 391 g/mol. The fraction of sp³-hybridized carbons (Fsp3) is 0.238. The van der Waals surface area contributed by atoms with Crippen LogP contribution in [0.25, 0.3) is 11.2 Å². The SMILES string of the molecule is Cc1cccc(Cn2c(=O)n(CCNC(=O)c3cc(C)on3)c3ncccc32)c1. The Bertz CT molecular complexity index is 1230. The maximum Gasteiger partial charge on any atom is 0.330 e. The second-order valence-electron chi connectivity index (χ2n) is 6.93. The van der Waals surface area contributed by atoms with E-state index in [1.165, 1.54) is 0 Å². The first kappa shape index (κ1) is 18.7. The molecule has 0 aliphatic carbocycles. The van der Waals surface area contributed by atoms with Crippen LogP contribution in [0, 0.1) is 13.8 Å². The number of benzene rings is 1. The van der Waals surface area contributed by atoms with Gasteiger partial charge in [0.25, 0.3) is 5.91 Å². The minimum Gasteiger partial charge on any atom is -0.361 e. The Morgan fingerprint density at radius 3 is 2.76 bits per heavy atom. The van der Waals surface area contributed by atoms with Gasteiger partial charge in [-0.15, -0.1) is 0 Å². The molecular weight excluding hydrogens is 370 g/mol. The molecule has 1 N–H and O–H groups in total. The Kier molecular flexibility index (Phi) is 4.99. The summed E-state index contributed by atoms with van der Waals surface area (Å²) in [5, 5.41) is 6.46. The van der Waals surface area contributed by atoms with Gasteiger partial charge in [0.2, 0.25) is 0 Å². The molecular formula is C21H21N5O3. The third-order valence-corrected chi connectivity index (χ3v) is 4.68. The second kappa shape index (κ2) is 7.75. The third kappa shape index (κ3) is 3.82. The number of aromatic nitrogens is 4. The number of imidazole rings is 1. The largest absolute Gasteiger partial charge is 0.361 e. The van der Waals surface area contributed by atoms with E-state index in [-0.39, 0.29) is 23.8 Å². The smallest absolute Gasteiger partial charge is 0.330 e. The number of nitrogens with zero attached hydrogens (tertiary/aromatic N) is 4. The summed E-state index contributed by atoms with van der Waals surface area (Å²) < 4.78 is 8.21. The minimum atomic E-state index is -0.341. The molecule has 8 heteroatoms. The first-order chi connectivity index (χ1) is 14.0. The van der Waals surface area contributed by atoms with Gasteiger partial charge in [0.15, 0.2) is 11.3 Å². The van der Waals surface area contributed by atoms with Crippen LogP contribution in [0.15, 0.2) is 58.0 Å². The number of carbonyl (C=O) groups is 1. The molecule has 0 aliphatic rings. The molecule has 0 unspecified atom stereocenters. The number of nitrogens with one attached hydrogen (secondary N) is 1. The molecule has 0 atom stereocenters. The normalized spacial score (nSPS) is 11.1. The highest BCUT2D eigenvalue weighted by atomic mass is 16.5. The van der Waals surface area contributed by atoms with E-state index >= 15 is 0 Å². The van der Waals surface area contributed by atoms with Crippen LogP contribution in [0.1, 0.15) is 27.4 Å². The van der Waals surface area contributed by atoms with Crippen molar-refractivity contribution in [2.24, 2.45) is 0 Å². The van der Waals surface area contributed by atoms with Crippen LogP contribution < -0.4 is 11.0 Å². The number of hydrogen-bond donors (Lipinski definition) is 1. The van der Waals surface area contributed by atoms with Gasteiger partial charge < -0.3 is 9.84 Å². The van der Waals surface area contributed by atoms with E-state index in [1.807, 2.05) is 37.3 Å². The monoisotopic (exact) mass is 391 g/mol. The van der Waals surface area contributed by atoms with Crippen molar-refractivity contribution in [1.29, 1.82) is 0 Å². The van der Waals surface area contributed by atoms with Crippen molar-refractivity contribution in [2.45, 2.75) is 26.9 Å². The van der Waals surface area contributed by atoms with Crippen LogP contribution in [0.5, 0.6) is 0 Å². The van der Waals surface area contributed by atoms with Crippen molar-refractivity contribution >= 4 is 17.1 Å². The number of rotatable bonds is 6. The lowest BCUT2D eigenvalue weighted by molar-refractivity contribution is 0.0943. The number of amides is 1. The van der Waals surface area contributed by atoms with Crippen LogP contribution in [0.2, 0.25) is 0 Å². The van der Waals surface area contributed by atoms with Crippen LogP contribution in [-0.4, -0.2) is 31.7 Å². The summed E-state index contributed by atoms with van der Waals surface area (Å²) in [6.07, 6.45) is 1.66. The molecule has 0 spiro atoms. The van der Waals surface area contributed by atoms with E-state index in [1.54, 1.807) is 28.3 Å². The number of hydrogen-bond acceptors (Lipinski definition) is 5. The highest BCUT2D eigenvalue weighted by molar-refractivity contribution is 5.92. The zero-order valence-electron chi connectivity index (χ0n) is 16.3.